The number of carbonyl (C=O) groups excluding carboxylic acids is 1. The van der Waals surface area contributed by atoms with E-state index < -0.39 is 5.92 Å². The zero-order valence-electron chi connectivity index (χ0n) is 9.56. The van der Waals surface area contributed by atoms with Gasteiger partial charge in [-0.25, -0.2) is 0 Å². The first-order valence-electron chi connectivity index (χ1n) is 5.54. The van der Waals surface area contributed by atoms with E-state index in [0.717, 1.165) is 31.0 Å². The number of hydrogen-bond acceptors (Lipinski definition) is 4. The average molecular weight is 245 g/mol. The van der Waals surface area contributed by atoms with Crippen molar-refractivity contribution in [3.05, 3.63) is 0 Å². The molecule has 1 saturated heterocycles. The van der Waals surface area contributed by atoms with Gasteiger partial charge in [0.2, 0.25) is 5.91 Å². The van der Waals surface area contributed by atoms with Gasteiger partial charge in [0.25, 0.3) is 0 Å². The monoisotopic (exact) mass is 245 g/mol. The van der Waals surface area contributed by atoms with E-state index in [4.69, 9.17) is 10.9 Å². The molecule has 6 heteroatoms. The van der Waals surface area contributed by atoms with Crippen LogP contribution in [0.4, 0.5) is 0 Å². The summed E-state index contributed by atoms with van der Waals surface area (Å²) in [6, 6.07) is 0. The largest absolute Gasteiger partial charge is 0.409 e. The summed E-state index contributed by atoms with van der Waals surface area (Å²) in [5, 5.41) is 11.6. The average Bonchev–Trinajstić information content (AvgIpc) is 2.35. The molecule has 3 N–H and O–H groups in total. The highest BCUT2D eigenvalue weighted by Crippen LogP contribution is 2.15. The van der Waals surface area contributed by atoms with E-state index in [1.54, 1.807) is 0 Å². The van der Waals surface area contributed by atoms with Crippen molar-refractivity contribution < 1.29 is 10.0 Å². The van der Waals surface area contributed by atoms with Crippen molar-refractivity contribution in [3.8, 4) is 0 Å². The lowest BCUT2D eigenvalue weighted by Crippen LogP contribution is -2.45. The molecule has 1 aliphatic rings. The molecule has 5 nitrogen and oxygen atoms in total. The van der Waals surface area contributed by atoms with E-state index >= 15 is 0 Å². The molecule has 1 fully saturated rings. The SMILES string of the molecule is CCCC(C(=O)N1CCSCC1)C(N)=NO. The van der Waals surface area contributed by atoms with Crippen LogP contribution < -0.4 is 5.73 Å². The van der Waals surface area contributed by atoms with Gasteiger partial charge in [-0.05, 0) is 6.42 Å². The van der Waals surface area contributed by atoms with Crippen molar-refractivity contribution in [3.63, 3.8) is 0 Å². The minimum absolute atomic E-state index is 0.00236. The van der Waals surface area contributed by atoms with Crippen LogP contribution in [0.25, 0.3) is 0 Å². The molecule has 1 unspecified atom stereocenters. The number of thioether (sulfide) groups is 1. The predicted molar refractivity (Wildman–Crippen MR) is 65.7 cm³/mol. The topological polar surface area (TPSA) is 78.9 Å². The maximum atomic E-state index is 12.1. The van der Waals surface area contributed by atoms with Crippen molar-refractivity contribution in [1.29, 1.82) is 0 Å². The van der Waals surface area contributed by atoms with Crippen molar-refractivity contribution in [2.24, 2.45) is 16.8 Å². The molecule has 0 spiro atoms. The lowest BCUT2D eigenvalue weighted by atomic mass is 10.0. The van der Waals surface area contributed by atoms with E-state index in [9.17, 15) is 4.79 Å². The number of amidine groups is 1. The number of rotatable bonds is 4. The summed E-state index contributed by atoms with van der Waals surface area (Å²) in [7, 11) is 0. The third-order valence-electron chi connectivity index (χ3n) is 2.67. The molecule has 16 heavy (non-hydrogen) atoms. The van der Waals surface area contributed by atoms with Crippen LogP contribution in [-0.2, 0) is 4.79 Å². The highest BCUT2D eigenvalue weighted by atomic mass is 32.2. The molecule has 0 aromatic carbocycles. The zero-order valence-corrected chi connectivity index (χ0v) is 10.4. The lowest BCUT2D eigenvalue weighted by Gasteiger charge is -2.29. The third-order valence-corrected chi connectivity index (χ3v) is 3.61. The van der Waals surface area contributed by atoms with E-state index in [-0.39, 0.29) is 11.7 Å². The summed E-state index contributed by atoms with van der Waals surface area (Å²) in [5.74, 6) is 1.52. The van der Waals surface area contributed by atoms with Gasteiger partial charge in [0, 0.05) is 24.6 Å². The van der Waals surface area contributed by atoms with Gasteiger partial charge in [-0.15, -0.1) is 0 Å². The number of nitrogens with zero attached hydrogens (tertiary/aromatic N) is 2. The fourth-order valence-electron chi connectivity index (χ4n) is 1.76. The van der Waals surface area contributed by atoms with Crippen LogP contribution in [0.15, 0.2) is 5.16 Å². The normalized spacial score (nSPS) is 19.6. The quantitative estimate of drug-likeness (QED) is 0.331. The van der Waals surface area contributed by atoms with Crippen molar-refractivity contribution in [2.45, 2.75) is 19.8 Å². The maximum absolute atomic E-state index is 12.1. The minimum atomic E-state index is -0.460. The van der Waals surface area contributed by atoms with Crippen molar-refractivity contribution in [2.75, 3.05) is 24.6 Å². The Hall–Kier alpha value is -0.910. The van der Waals surface area contributed by atoms with Gasteiger partial charge in [-0.1, -0.05) is 18.5 Å². The van der Waals surface area contributed by atoms with Gasteiger partial charge in [0.05, 0.1) is 5.92 Å². The van der Waals surface area contributed by atoms with Crippen molar-refractivity contribution >= 4 is 23.5 Å². The van der Waals surface area contributed by atoms with Crippen LogP contribution in [-0.4, -0.2) is 46.4 Å². The Labute approximate surface area is 100 Å². The van der Waals surface area contributed by atoms with Crippen LogP contribution in [0.3, 0.4) is 0 Å². The molecule has 0 aromatic rings. The van der Waals surface area contributed by atoms with Crippen LogP contribution in [0.2, 0.25) is 0 Å². The standard InChI is InChI=1S/C10H19N3O2S/c1-2-3-8(9(11)12-15)10(14)13-4-6-16-7-5-13/h8,15H,2-7H2,1H3,(H2,11,12). The molecule has 0 aromatic heterocycles. The Bertz CT molecular complexity index is 265. The summed E-state index contributed by atoms with van der Waals surface area (Å²) in [4.78, 5) is 13.9. The molecular weight excluding hydrogens is 226 g/mol. The molecule has 1 heterocycles. The van der Waals surface area contributed by atoms with Crippen LogP contribution >= 0.6 is 11.8 Å². The molecule has 0 bridgehead atoms. The number of carbonyl (C=O) groups is 1. The Balaban J connectivity index is 2.65. The molecule has 0 aliphatic carbocycles. The first-order valence-corrected chi connectivity index (χ1v) is 6.70. The molecule has 1 rings (SSSR count). The third kappa shape index (κ3) is 3.30. The summed E-state index contributed by atoms with van der Waals surface area (Å²) >= 11 is 1.85. The molecule has 1 aliphatic heterocycles. The van der Waals surface area contributed by atoms with Crippen molar-refractivity contribution in [1.82, 2.24) is 4.90 Å². The van der Waals surface area contributed by atoms with E-state index in [1.165, 1.54) is 0 Å². The second-order valence-electron chi connectivity index (χ2n) is 3.80. The number of oxime groups is 1. The molecular formula is C10H19N3O2S. The second kappa shape index (κ2) is 6.62. The zero-order chi connectivity index (χ0) is 12.0. The van der Waals surface area contributed by atoms with Gasteiger partial charge >= 0.3 is 0 Å². The van der Waals surface area contributed by atoms with Gasteiger partial charge in [0.1, 0.15) is 0 Å². The second-order valence-corrected chi connectivity index (χ2v) is 5.03. The lowest BCUT2D eigenvalue weighted by molar-refractivity contribution is -0.133. The Morgan fingerprint density at radius 3 is 2.69 bits per heavy atom. The highest BCUT2D eigenvalue weighted by molar-refractivity contribution is 7.99. The maximum Gasteiger partial charge on any atom is 0.233 e. The van der Waals surface area contributed by atoms with Gasteiger partial charge in [-0.3, -0.25) is 4.79 Å². The van der Waals surface area contributed by atoms with Gasteiger partial charge in [0.15, 0.2) is 5.84 Å². The summed E-state index contributed by atoms with van der Waals surface area (Å²) < 4.78 is 0. The summed E-state index contributed by atoms with van der Waals surface area (Å²) in [5.41, 5.74) is 5.56. The summed E-state index contributed by atoms with van der Waals surface area (Å²) in [6.45, 7) is 3.52. The van der Waals surface area contributed by atoms with Crippen LogP contribution in [0, 0.1) is 5.92 Å². The summed E-state index contributed by atoms with van der Waals surface area (Å²) in [6.07, 6.45) is 1.48. The fraction of sp³-hybridized carbons (Fsp3) is 0.800. The predicted octanol–water partition coefficient (Wildman–Crippen LogP) is 0.725. The fourth-order valence-corrected chi connectivity index (χ4v) is 2.66. The molecule has 0 saturated carbocycles. The first-order chi connectivity index (χ1) is 7.70. The Morgan fingerprint density at radius 2 is 2.19 bits per heavy atom. The molecule has 1 amide bonds. The number of amides is 1. The molecule has 0 radical (unpaired) electrons. The number of nitrogens with two attached hydrogens (primary N) is 1. The molecule has 1 atom stereocenters. The Kier molecular flexibility index (Phi) is 5.45. The van der Waals surface area contributed by atoms with E-state index in [2.05, 4.69) is 5.16 Å². The van der Waals surface area contributed by atoms with Gasteiger partial charge in [-0.2, -0.15) is 11.8 Å². The smallest absolute Gasteiger partial charge is 0.233 e. The Morgan fingerprint density at radius 1 is 1.56 bits per heavy atom. The first kappa shape index (κ1) is 13.2. The minimum Gasteiger partial charge on any atom is -0.409 e. The van der Waals surface area contributed by atoms with E-state index in [1.807, 2.05) is 23.6 Å². The number of hydrogen-bond donors (Lipinski definition) is 2. The van der Waals surface area contributed by atoms with Crippen LogP contribution in [0.1, 0.15) is 19.8 Å². The molecule has 92 valence electrons. The van der Waals surface area contributed by atoms with Gasteiger partial charge < -0.3 is 15.8 Å². The van der Waals surface area contributed by atoms with E-state index in [0.29, 0.717) is 6.42 Å². The highest BCUT2D eigenvalue weighted by Gasteiger charge is 2.28. The van der Waals surface area contributed by atoms with Crippen LogP contribution in [0.5, 0.6) is 0 Å².